The lowest BCUT2D eigenvalue weighted by Gasteiger charge is -2.29. The van der Waals surface area contributed by atoms with Crippen LogP contribution in [-0.2, 0) is 10.2 Å². The summed E-state index contributed by atoms with van der Waals surface area (Å²) in [5.74, 6) is 0.112. The van der Waals surface area contributed by atoms with Crippen LogP contribution >= 0.6 is 0 Å². The Kier molecular flexibility index (Phi) is 2.01. The summed E-state index contributed by atoms with van der Waals surface area (Å²) in [4.78, 5) is 19.6. The maximum absolute atomic E-state index is 11.3. The molecule has 1 fully saturated rings. The Bertz CT molecular complexity index is 384. The summed E-state index contributed by atoms with van der Waals surface area (Å²) in [6.07, 6.45) is 4.93. The lowest BCUT2D eigenvalue weighted by atomic mass is 9.81. The van der Waals surface area contributed by atoms with Gasteiger partial charge < -0.3 is 11.5 Å². The van der Waals surface area contributed by atoms with Gasteiger partial charge in [-0.05, 0) is 25.8 Å². The predicted molar refractivity (Wildman–Crippen MR) is 54.7 cm³/mol. The molecular formula is C10H14N4O. The van der Waals surface area contributed by atoms with Crippen LogP contribution < -0.4 is 11.5 Å². The monoisotopic (exact) mass is 206 g/mol. The number of nitrogens with two attached hydrogens (primary N) is 2. The van der Waals surface area contributed by atoms with Crippen molar-refractivity contribution in [3.8, 4) is 0 Å². The van der Waals surface area contributed by atoms with Crippen molar-refractivity contribution in [1.29, 1.82) is 0 Å². The number of amides is 1. The highest BCUT2D eigenvalue weighted by Gasteiger charge is 2.61. The van der Waals surface area contributed by atoms with Gasteiger partial charge in [0.1, 0.15) is 11.4 Å². The number of rotatable bonds is 3. The van der Waals surface area contributed by atoms with Crippen LogP contribution in [0.2, 0.25) is 0 Å². The SMILES string of the molecule is C[C@@](N)(C(N)=O)C1(c2ncccn2)CC1. The first kappa shape index (κ1) is 10.0. The molecule has 0 radical (unpaired) electrons. The Morgan fingerprint density at radius 2 is 2.00 bits per heavy atom. The molecular weight excluding hydrogens is 192 g/mol. The second kappa shape index (κ2) is 3.00. The first-order valence-electron chi connectivity index (χ1n) is 4.87. The van der Waals surface area contributed by atoms with Gasteiger partial charge in [0.05, 0.1) is 5.41 Å². The molecule has 4 N–H and O–H groups in total. The number of aromatic nitrogens is 2. The van der Waals surface area contributed by atoms with Crippen LogP contribution in [0.15, 0.2) is 18.5 Å². The Morgan fingerprint density at radius 1 is 1.47 bits per heavy atom. The fourth-order valence-electron chi connectivity index (χ4n) is 1.88. The third kappa shape index (κ3) is 1.31. The predicted octanol–water partition coefficient (Wildman–Crippen LogP) is -0.289. The van der Waals surface area contributed by atoms with Gasteiger partial charge in [-0.15, -0.1) is 0 Å². The van der Waals surface area contributed by atoms with E-state index >= 15 is 0 Å². The lowest BCUT2D eigenvalue weighted by molar-refractivity contribution is -0.123. The van der Waals surface area contributed by atoms with Gasteiger partial charge in [-0.25, -0.2) is 9.97 Å². The molecule has 0 aromatic carbocycles. The Labute approximate surface area is 87.9 Å². The van der Waals surface area contributed by atoms with Crippen molar-refractivity contribution < 1.29 is 4.79 Å². The fourth-order valence-corrected chi connectivity index (χ4v) is 1.88. The van der Waals surface area contributed by atoms with Crippen LogP contribution in [0.25, 0.3) is 0 Å². The number of hydrogen-bond acceptors (Lipinski definition) is 4. The van der Waals surface area contributed by atoms with Gasteiger partial charge in [0.2, 0.25) is 5.91 Å². The van der Waals surface area contributed by atoms with E-state index in [2.05, 4.69) is 9.97 Å². The maximum atomic E-state index is 11.3. The average Bonchev–Trinajstić information content (AvgIpc) is 3.00. The van der Waals surface area contributed by atoms with E-state index in [0.29, 0.717) is 5.82 Å². The summed E-state index contributed by atoms with van der Waals surface area (Å²) in [5.41, 5.74) is 9.76. The molecule has 0 bridgehead atoms. The molecule has 1 saturated carbocycles. The number of carbonyl (C=O) groups is 1. The molecule has 0 unspecified atom stereocenters. The van der Waals surface area contributed by atoms with Crippen LogP contribution in [-0.4, -0.2) is 21.4 Å². The van der Waals surface area contributed by atoms with E-state index in [4.69, 9.17) is 11.5 Å². The van der Waals surface area contributed by atoms with Crippen LogP contribution in [0, 0.1) is 0 Å². The second-order valence-electron chi connectivity index (χ2n) is 4.22. The Morgan fingerprint density at radius 3 is 2.40 bits per heavy atom. The maximum Gasteiger partial charge on any atom is 0.238 e. The van der Waals surface area contributed by atoms with Crippen LogP contribution in [0.3, 0.4) is 0 Å². The van der Waals surface area contributed by atoms with Gasteiger partial charge in [-0.2, -0.15) is 0 Å². The number of hydrogen-bond donors (Lipinski definition) is 2. The van der Waals surface area contributed by atoms with E-state index in [-0.39, 0.29) is 0 Å². The van der Waals surface area contributed by atoms with Crippen molar-refractivity contribution in [2.45, 2.75) is 30.7 Å². The zero-order chi connectivity index (χ0) is 11.1. The minimum Gasteiger partial charge on any atom is -0.368 e. The summed E-state index contributed by atoms with van der Waals surface area (Å²) < 4.78 is 0. The molecule has 2 rings (SSSR count). The minimum atomic E-state index is -1.08. The Hall–Kier alpha value is -1.49. The molecule has 1 amide bonds. The number of carbonyl (C=O) groups excluding carboxylic acids is 1. The molecule has 1 atom stereocenters. The largest absolute Gasteiger partial charge is 0.368 e. The highest BCUT2D eigenvalue weighted by atomic mass is 16.1. The summed E-state index contributed by atoms with van der Waals surface area (Å²) in [7, 11) is 0. The number of nitrogens with zero attached hydrogens (tertiary/aromatic N) is 2. The molecule has 5 heteroatoms. The first-order valence-corrected chi connectivity index (χ1v) is 4.87. The van der Waals surface area contributed by atoms with Gasteiger partial charge in [-0.3, -0.25) is 4.79 Å². The number of primary amides is 1. The Balaban J connectivity index is 2.41. The van der Waals surface area contributed by atoms with E-state index in [1.165, 1.54) is 0 Å². The molecule has 80 valence electrons. The zero-order valence-electron chi connectivity index (χ0n) is 8.60. The quantitative estimate of drug-likeness (QED) is 0.710. The standard InChI is InChI=1S/C10H14N4O/c1-9(12,7(11)15)10(3-4-10)8-13-5-2-6-14-8/h2,5-6H,3-4,12H2,1H3,(H2,11,15)/t9-/m1/s1. The highest BCUT2D eigenvalue weighted by Crippen LogP contribution is 2.53. The van der Waals surface area contributed by atoms with Crippen LogP contribution in [0.1, 0.15) is 25.6 Å². The van der Waals surface area contributed by atoms with Crippen molar-refractivity contribution in [3.05, 3.63) is 24.3 Å². The molecule has 1 aromatic rings. The van der Waals surface area contributed by atoms with Gasteiger partial charge >= 0.3 is 0 Å². The van der Waals surface area contributed by atoms with Crippen molar-refractivity contribution in [1.82, 2.24) is 9.97 Å². The van der Waals surface area contributed by atoms with Gasteiger partial charge in [0.15, 0.2) is 0 Å². The highest BCUT2D eigenvalue weighted by molar-refractivity contribution is 5.86. The summed E-state index contributed by atoms with van der Waals surface area (Å²) >= 11 is 0. The van der Waals surface area contributed by atoms with E-state index in [9.17, 15) is 4.79 Å². The summed E-state index contributed by atoms with van der Waals surface area (Å²) in [6, 6.07) is 1.73. The zero-order valence-corrected chi connectivity index (χ0v) is 8.60. The molecule has 1 heterocycles. The molecule has 0 saturated heterocycles. The molecule has 1 aliphatic carbocycles. The summed E-state index contributed by atoms with van der Waals surface area (Å²) in [5, 5.41) is 0. The van der Waals surface area contributed by atoms with Crippen LogP contribution in [0.4, 0.5) is 0 Å². The third-order valence-electron chi connectivity index (χ3n) is 3.25. The minimum absolute atomic E-state index is 0.458. The van der Waals surface area contributed by atoms with Crippen molar-refractivity contribution in [2.24, 2.45) is 11.5 Å². The molecule has 1 aliphatic rings. The molecule has 0 aliphatic heterocycles. The summed E-state index contributed by atoms with van der Waals surface area (Å²) in [6.45, 7) is 1.65. The average molecular weight is 206 g/mol. The van der Waals surface area contributed by atoms with Gasteiger partial charge in [-0.1, -0.05) is 0 Å². The first-order chi connectivity index (χ1) is 7.01. The van der Waals surface area contributed by atoms with E-state index < -0.39 is 16.9 Å². The van der Waals surface area contributed by atoms with E-state index in [0.717, 1.165) is 12.8 Å². The lowest BCUT2D eigenvalue weighted by Crippen LogP contribution is -2.58. The normalized spacial score (nSPS) is 21.7. The van der Waals surface area contributed by atoms with Crippen molar-refractivity contribution >= 4 is 5.91 Å². The second-order valence-corrected chi connectivity index (χ2v) is 4.22. The topological polar surface area (TPSA) is 94.9 Å². The van der Waals surface area contributed by atoms with Crippen molar-refractivity contribution in [2.75, 3.05) is 0 Å². The molecule has 15 heavy (non-hydrogen) atoms. The smallest absolute Gasteiger partial charge is 0.238 e. The van der Waals surface area contributed by atoms with Crippen LogP contribution in [0.5, 0.6) is 0 Å². The molecule has 1 aromatic heterocycles. The third-order valence-corrected chi connectivity index (χ3v) is 3.25. The molecule has 0 spiro atoms. The molecule has 5 nitrogen and oxygen atoms in total. The van der Waals surface area contributed by atoms with E-state index in [1.54, 1.807) is 25.4 Å². The van der Waals surface area contributed by atoms with Gasteiger partial charge in [0.25, 0.3) is 0 Å². The fraction of sp³-hybridized carbons (Fsp3) is 0.500. The van der Waals surface area contributed by atoms with E-state index in [1.807, 2.05) is 0 Å². The van der Waals surface area contributed by atoms with Crippen molar-refractivity contribution in [3.63, 3.8) is 0 Å². The van der Waals surface area contributed by atoms with Gasteiger partial charge in [0, 0.05) is 12.4 Å².